The van der Waals surface area contributed by atoms with E-state index in [-0.39, 0.29) is 71.3 Å². The van der Waals surface area contributed by atoms with Crippen LogP contribution in [0.5, 0.6) is 11.8 Å². The maximum absolute atomic E-state index is 17.1. The summed E-state index contributed by atoms with van der Waals surface area (Å²) in [6.07, 6.45) is 4.52. The maximum Gasteiger partial charge on any atom is 0.319 e. The van der Waals surface area contributed by atoms with Crippen LogP contribution in [-0.4, -0.2) is 146 Å². The van der Waals surface area contributed by atoms with Gasteiger partial charge in [-0.15, -0.1) is 11.3 Å². The monoisotopic (exact) mass is 1090 g/mol. The number of nitrogens with one attached hydrogen (secondary N) is 2. The van der Waals surface area contributed by atoms with E-state index in [4.69, 9.17) is 24.4 Å². The zero-order valence-electron chi connectivity index (χ0n) is 44.9. The van der Waals surface area contributed by atoms with Gasteiger partial charge < -0.3 is 40.1 Å². The van der Waals surface area contributed by atoms with E-state index in [1.54, 1.807) is 29.7 Å². The molecule has 16 nitrogen and oxygen atoms in total. The Hall–Kier alpha value is -5.99. The number of phenols is 1. The number of aliphatic hydroxyl groups excluding tert-OH is 1. The van der Waals surface area contributed by atoms with Gasteiger partial charge in [0.1, 0.15) is 48.1 Å². The number of pyridine rings is 1. The molecule has 3 aromatic heterocycles. The first kappa shape index (κ1) is 54.4. The first-order valence-corrected chi connectivity index (χ1v) is 29.9. The maximum atomic E-state index is 17.1. The fourth-order valence-electron chi connectivity index (χ4n) is 11.6. The van der Waals surface area contributed by atoms with Crippen molar-refractivity contribution < 1.29 is 38.5 Å². The molecule has 7 heterocycles. The molecular weight excluding hydrogens is 1020 g/mol. The van der Waals surface area contributed by atoms with Gasteiger partial charge in [0.2, 0.25) is 17.7 Å². The number of hydrogen-bond donors (Lipinski definition) is 5. The Labute approximate surface area is 456 Å². The predicted octanol–water partition coefficient (Wildman–Crippen LogP) is 7.96. The third kappa shape index (κ3) is 12.0. The zero-order valence-corrected chi connectivity index (χ0v) is 46.6. The SMILES string of the molecule is CCc1cccc2cc(O)cc(-c3ncc4c(N5CC6CC[SH](C6)C5)nc(OCCN5CCC(COCC(=O)N[C@H](C(=O)N6C[C@H](O)C[C@H]6C(=O)N[C@@H](C)c6ccc(-c7scnc7C)cc6)C(C)(C)C)CC5)nc4c3F)c12. The summed E-state index contributed by atoms with van der Waals surface area (Å²) in [5, 5.41) is 29.7. The Morgan fingerprint density at radius 3 is 2.53 bits per heavy atom. The molecular formula is C58H72FN9O7S2. The summed E-state index contributed by atoms with van der Waals surface area (Å²) in [5.74, 6) is 3.10. The van der Waals surface area contributed by atoms with Crippen LogP contribution in [0, 0.1) is 30.0 Å². The highest BCUT2D eigenvalue weighted by atomic mass is 32.2. The lowest BCUT2D eigenvalue weighted by molar-refractivity contribution is -0.144. The molecule has 2 bridgehead atoms. The third-order valence-electron chi connectivity index (χ3n) is 15.8. The second-order valence-electron chi connectivity index (χ2n) is 22.5. The molecule has 0 spiro atoms. The number of aryl methyl sites for hydroxylation is 2. The highest BCUT2D eigenvalue weighted by molar-refractivity contribution is 8.17. The number of hydrogen-bond acceptors (Lipinski definition) is 14. The number of aromatic nitrogens is 4. The van der Waals surface area contributed by atoms with Gasteiger partial charge in [0.25, 0.3) is 0 Å². The van der Waals surface area contributed by atoms with Crippen LogP contribution >= 0.6 is 22.2 Å². The number of rotatable bonds is 17. The highest BCUT2D eigenvalue weighted by Gasteiger charge is 2.45. The van der Waals surface area contributed by atoms with E-state index < -0.39 is 41.2 Å². The number of aromatic hydroxyl groups is 1. The van der Waals surface area contributed by atoms with E-state index in [0.717, 1.165) is 82.8 Å². The van der Waals surface area contributed by atoms with Crippen molar-refractivity contribution in [3.05, 3.63) is 88.9 Å². The summed E-state index contributed by atoms with van der Waals surface area (Å²) in [6, 6.07) is 15.0. The summed E-state index contributed by atoms with van der Waals surface area (Å²) in [5.41, 5.74) is 5.84. The number of ether oxygens (including phenoxy) is 2. The van der Waals surface area contributed by atoms with Gasteiger partial charge in [-0.3, -0.25) is 24.3 Å². The van der Waals surface area contributed by atoms with Crippen LogP contribution in [0.2, 0.25) is 0 Å². The lowest BCUT2D eigenvalue weighted by atomic mass is 9.85. The van der Waals surface area contributed by atoms with Gasteiger partial charge in [0.05, 0.1) is 40.2 Å². The summed E-state index contributed by atoms with van der Waals surface area (Å²) in [6.45, 7) is 15.0. The number of nitrogens with zero attached hydrogens (tertiary/aromatic N) is 7. The Bertz CT molecular complexity index is 3120. The van der Waals surface area contributed by atoms with E-state index in [2.05, 4.69) is 32.3 Å². The Balaban J connectivity index is 0.722. The first-order valence-electron chi connectivity index (χ1n) is 27.1. The minimum absolute atomic E-state index is 0.0188. The number of halogens is 1. The number of aliphatic hydroxyl groups is 1. The molecule has 0 radical (unpaired) electrons. The zero-order chi connectivity index (χ0) is 54.1. The van der Waals surface area contributed by atoms with Crippen LogP contribution < -0.4 is 20.3 Å². The fourth-order valence-corrected chi connectivity index (χ4v) is 15.4. The standard InChI is InChI=1S/C58H72FN9O7S2/c1-7-38-9-8-10-41-23-42(69)24-44(48(38)41)50-49(59)51-45(26-60-50)54(67-27-37-17-22-77(31-37)33-67)65-57(64-51)75-21-20-66-18-15-36(16-19-66)29-74-30-47(71)63-53(58(4,5)6)56(73)68-28-43(70)25-46(68)55(72)62-34(2)39-11-13-40(14-12-39)52-35(3)61-32-76-52/h8-14,23-24,26,32,34,36-37,43,46,53,69-70,77H,7,15-22,25,27-31,33H2,1-6H3,(H,62,72)(H,63,71)/t34-,37?,43+,46-,53+/m0/s1. The number of β-amino-alcohol motifs (C(OH)–C–C–N with tert-alkyl or cyclic N) is 1. The highest BCUT2D eigenvalue weighted by Crippen LogP contribution is 2.46. The van der Waals surface area contributed by atoms with E-state index in [0.29, 0.717) is 42.4 Å². The second-order valence-corrected chi connectivity index (χ2v) is 25.8. The molecule has 4 aliphatic heterocycles. The van der Waals surface area contributed by atoms with Crippen LogP contribution in [0.15, 0.2) is 66.3 Å². The van der Waals surface area contributed by atoms with E-state index >= 15 is 4.39 Å². The minimum Gasteiger partial charge on any atom is -0.508 e. The van der Waals surface area contributed by atoms with E-state index in [9.17, 15) is 24.6 Å². The fraction of sp³-hybridized carbons (Fsp3) is 0.500. The van der Waals surface area contributed by atoms with Crippen molar-refractivity contribution in [1.82, 2.24) is 40.4 Å². The van der Waals surface area contributed by atoms with Crippen LogP contribution in [0.4, 0.5) is 10.2 Å². The number of anilines is 1. The molecule has 2 unspecified atom stereocenters. The Morgan fingerprint density at radius 2 is 1.81 bits per heavy atom. The van der Waals surface area contributed by atoms with Gasteiger partial charge in [0, 0.05) is 43.7 Å². The van der Waals surface area contributed by atoms with Crippen LogP contribution in [0.3, 0.4) is 0 Å². The molecule has 410 valence electrons. The van der Waals surface area contributed by atoms with Gasteiger partial charge in [-0.2, -0.15) is 9.97 Å². The van der Waals surface area contributed by atoms with Crippen molar-refractivity contribution in [2.75, 3.05) is 74.8 Å². The second kappa shape index (κ2) is 23.1. The predicted molar refractivity (Wildman–Crippen MR) is 302 cm³/mol. The summed E-state index contributed by atoms with van der Waals surface area (Å²) in [4.78, 5) is 67.3. The number of piperidine rings is 1. The number of carbonyl (C=O) groups is 3. The molecule has 6 atom stereocenters. The van der Waals surface area contributed by atoms with Gasteiger partial charge in [0.15, 0.2) is 5.82 Å². The Morgan fingerprint density at radius 1 is 1.01 bits per heavy atom. The van der Waals surface area contributed by atoms with Gasteiger partial charge >= 0.3 is 6.01 Å². The molecule has 19 heteroatoms. The molecule has 0 aliphatic carbocycles. The van der Waals surface area contributed by atoms with Gasteiger partial charge in [-0.05, 0) is 121 Å². The summed E-state index contributed by atoms with van der Waals surface area (Å²) >= 11 is 1.58. The van der Waals surface area contributed by atoms with Crippen molar-refractivity contribution in [2.45, 2.75) is 97.9 Å². The lowest BCUT2D eigenvalue weighted by Crippen LogP contribution is -2.58. The number of carbonyl (C=O) groups excluding carboxylic acids is 3. The molecule has 4 fully saturated rings. The first-order chi connectivity index (χ1) is 37.0. The van der Waals surface area contributed by atoms with Crippen molar-refractivity contribution >= 4 is 67.4 Å². The largest absolute Gasteiger partial charge is 0.508 e. The average molecular weight is 1090 g/mol. The molecule has 4 N–H and O–H groups in total. The molecule has 77 heavy (non-hydrogen) atoms. The molecule has 3 aromatic carbocycles. The number of thiol groups is 1. The van der Waals surface area contributed by atoms with Crippen LogP contribution in [0.1, 0.15) is 83.2 Å². The lowest BCUT2D eigenvalue weighted by Gasteiger charge is -2.35. The minimum atomic E-state index is -0.968. The topological polar surface area (TPSA) is 195 Å². The normalized spacial score (nSPS) is 21.4. The molecule has 0 saturated carbocycles. The number of likely N-dealkylation sites (tertiary alicyclic amines) is 2. The molecule has 4 aliphatic rings. The van der Waals surface area contributed by atoms with E-state index in [1.165, 1.54) is 22.8 Å². The van der Waals surface area contributed by atoms with Gasteiger partial charge in [-0.25, -0.2) is 20.3 Å². The molecule has 10 rings (SSSR count). The number of benzene rings is 3. The number of phenolic OH excluding ortho intramolecular Hbond substituents is 1. The summed E-state index contributed by atoms with van der Waals surface area (Å²) in [7, 11) is -0.148. The summed E-state index contributed by atoms with van der Waals surface area (Å²) < 4.78 is 29.4. The van der Waals surface area contributed by atoms with Crippen LogP contribution in [0.25, 0.3) is 43.4 Å². The molecule has 3 amide bonds. The third-order valence-corrected chi connectivity index (χ3v) is 19.5. The Kier molecular flexibility index (Phi) is 16.3. The smallest absolute Gasteiger partial charge is 0.319 e. The van der Waals surface area contributed by atoms with Gasteiger partial charge in [-0.1, -0.05) is 70.2 Å². The number of thiazole rings is 1. The quantitative estimate of drug-likeness (QED) is 0.0553. The number of fused-ring (bicyclic) bond motifs is 4. The number of amides is 3. The van der Waals surface area contributed by atoms with Crippen LogP contribution in [-0.2, 0) is 25.5 Å². The molecule has 6 aromatic rings. The van der Waals surface area contributed by atoms with E-state index in [1.807, 2.05) is 82.6 Å². The van der Waals surface area contributed by atoms with Crippen molar-refractivity contribution in [3.63, 3.8) is 0 Å². The average Bonchev–Trinajstić information content (AvgIpc) is 4.14. The van der Waals surface area contributed by atoms with Crippen molar-refractivity contribution in [3.8, 4) is 33.5 Å². The van der Waals surface area contributed by atoms with Crippen molar-refractivity contribution in [1.29, 1.82) is 0 Å². The molecule has 4 saturated heterocycles. The van der Waals surface area contributed by atoms with Crippen molar-refractivity contribution in [2.24, 2.45) is 17.3 Å².